The standard InChI is InChI=1S/C10H8BrClO/c1-7(13)2-3-8-6-9(12)4-5-10(8)11/h2-6H,1H3. The van der Waals surface area contributed by atoms with Gasteiger partial charge in [-0.2, -0.15) is 0 Å². The van der Waals surface area contributed by atoms with Gasteiger partial charge in [-0.05, 0) is 36.8 Å². The van der Waals surface area contributed by atoms with E-state index in [9.17, 15) is 4.79 Å². The number of hydrogen-bond acceptors (Lipinski definition) is 1. The Morgan fingerprint density at radius 1 is 1.54 bits per heavy atom. The Bertz CT molecular complexity index is 358. The van der Waals surface area contributed by atoms with E-state index in [-0.39, 0.29) is 5.78 Å². The molecular weight excluding hydrogens is 251 g/mol. The third-order valence-electron chi connectivity index (χ3n) is 1.46. The monoisotopic (exact) mass is 258 g/mol. The summed E-state index contributed by atoms with van der Waals surface area (Å²) >= 11 is 9.15. The van der Waals surface area contributed by atoms with Gasteiger partial charge in [0, 0.05) is 9.50 Å². The van der Waals surface area contributed by atoms with Crippen molar-refractivity contribution in [1.29, 1.82) is 0 Å². The normalized spacial score (nSPS) is 10.7. The Labute approximate surface area is 90.5 Å². The molecule has 0 radical (unpaired) electrons. The van der Waals surface area contributed by atoms with E-state index >= 15 is 0 Å². The van der Waals surface area contributed by atoms with E-state index in [1.54, 1.807) is 18.2 Å². The summed E-state index contributed by atoms with van der Waals surface area (Å²) in [7, 11) is 0. The van der Waals surface area contributed by atoms with Gasteiger partial charge in [0.2, 0.25) is 0 Å². The lowest BCUT2D eigenvalue weighted by molar-refractivity contribution is -0.112. The van der Waals surface area contributed by atoms with Gasteiger partial charge in [-0.15, -0.1) is 0 Å². The zero-order valence-corrected chi connectivity index (χ0v) is 9.39. The average molecular weight is 260 g/mol. The van der Waals surface area contributed by atoms with Crippen molar-refractivity contribution in [2.45, 2.75) is 6.92 Å². The van der Waals surface area contributed by atoms with Crippen LogP contribution in [0.25, 0.3) is 6.08 Å². The van der Waals surface area contributed by atoms with Gasteiger partial charge in [0.25, 0.3) is 0 Å². The van der Waals surface area contributed by atoms with Crippen molar-refractivity contribution in [2.75, 3.05) is 0 Å². The van der Waals surface area contributed by atoms with Crippen LogP contribution < -0.4 is 0 Å². The van der Waals surface area contributed by atoms with Crippen molar-refractivity contribution in [3.63, 3.8) is 0 Å². The van der Waals surface area contributed by atoms with Gasteiger partial charge in [0.15, 0.2) is 5.78 Å². The van der Waals surface area contributed by atoms with Crippen LogP contribution in [0.3, 0.4) is 0 Å². The number of carbonyl (C=O) groups excluding carboxylic acids is 1. The molecule has 0 aliphatic heterocycles. The highest BCUT2D eigenvalue weighted by atomic mass is 79.9. The Kier molecular flexibility index (Phi) is 3.70. The van der Waals surface area contributed by atoms with E-state index in [4.69, 9.17) is 11.6 Å². The van der Waals surface area contributed by atoms with Crippen molar-refractivity contribution in [3.8, 4) is 0 Å². The summed E-state index contributed by atoms with van der Waals surface area (Å²) in [6, 6.07) is 5.43. The number of ketones is 1. The second-order valence-corrected chi connectivity index (χ2v) is 3.90. The summed E-state index contributed by atoms with van der Waals surface area (Å²) in [6.07, 6.45) is 3.24. The van der Waals surface area contributed by atoms with Crippen LogP contribution in [0, 0.1) is 0 Å². The fourth-order valence-corrected chi connectivity index (χ4v) is 1.41. The molecule has 68 valence electrons. The fourth-order valence-electron chi connectivity index (χ4n) is 0.849. The van der Waals surface area contributed by atoms with E-state index in [2.05, 4.69) is 15.9 Å². The molecule has 0 heterocycles. The summed E-state index contributed by atoms with van der Waals surface area (Å²) in [4.78, 5) is 10.7. The molecule has 0 aliphatic rings. The van der Waals surface area contributed by atoms with Crippen molar-refractivity contribution in [3.05, 3.63) is 39.3 Å². The number of allylic oxidation sites excluding steroid dienone is 1. The van der Waals surface area contributed by atoms with Crippen LogP contribution >= 0.6 is 27.5 Å². The largest absolute Gasteiger partial charge is 0.295 e. The Morgan fingerprint density at radius 3 is 2.85 bits per heavy atom. The molecule has 0 saturated carbocycles. The highest BCUT2D eigenvalue weighted by Gasteiger charge is 1.96. The molecule has 0 bridgehead atoms. The first-order chi connectivity index (χ1) is 6.09. The molecule has 0 saturated heterocycles. The molecule has 13 heavy (non-hydrogen) atoms. The minimum atomic E-state index is 0.0203. The molecule has 1 rings (SSSR count). The molecule has 0 amide bonds. The summed E-state index contributed by atoms with van der Waals surface area (Å²) in [5, 5.41) is 0.659. The molecule has 1 aromatic rings. The van der Waals surface area contributed by atoms with E-state index < -0.39 is 0 Å². The minimum absolute atomic E-state index is 0.0203. The summed E-state index contributed by atoms with van der Waals surface area (Å²) in [5.74, 6) is 0.0203. The third-order valence-corrected chi connectivity index (χ3v) is 2.41. The van der Waals surface area contributed by atoms with Crippen LogP contribution in [0.5, 0.6) is 0 Å². The zero-order valence-electron chi connectivity index (χ0n) is 7.05. The quantitative estimate of drug-likeness (QED) is 0.740. The molecule has 1 aromatic carbocycles. The lowest BCUT2D eigenvalue weighted by atomic mass is 10.2. The van der Waals surface area contributed by atoms with Crippen molar-refractivity contribution in [2.24, 2.45) is 0 Å². The predicted octanol–water partition coefficient (Wildman–Crippen LogP) is 3.70. The third kappa shape index (κ3) is 3.33. The van der Waals surface area contributed by atoms with Crippen LogP contribution in [0.15, 0.2) is 28.7 Å². The van der Waals surface area contributed by atoms with Gasteiger partial charge in [0.1, 0.15) is 0 Å². The molecule has 1 nitrogen and oxygen atoms in total. The summed E-state index contributed by atoms with van der Waals surface area (Å²) < 4.78 is 0.925. The van der Waals surface area contributed by atoms with E-state index in [0.29, 0.717) is 5.02 Å². The van der Waals surface area contributed by atoms with Crippen molar-refractivity contribution >= 4 is 39.4 Å². The molecule has 0 aliphatic carbocycles. The molecule has 0 aromatic heterocycles. The Morgan fingerprint density at radius 2 is 2.23 bits per heavy atom. The van der Waals surface area contributed by atoms with Crippen LogP contribution in [-0.2, 0) is 4.79 Å². The SMILES string of the molecule is CC(=O)C=Cc1cc(Cl)ccc1Br. The van der Waals surface area contributed by atoms with Crippen LogP contribution in [-0.4, -0.2) is 5.78 Å². The lowest BCUT2D eigenvalue weighted by Crippen LogP contribution is -1.81. The zero-order chi connectivity index (χ0) is 9.84. The highest BCUT2D eigenvalue weighted by Crippen LogP contribution is 2.22. The van der Waals surface area contributed by atoms with Crippen molar-refractivity contribution < 1.29 is 4.79 Å². The molecule has 3 heteroatoms. The van der Waals surface area contributed by atoms with Crippen molar-refractivity contribution in [1.82, 2.24) is 0 Å². The summed E-state index contributed by atoms with van der Waals surface area (Å²) in [6.45, 7) is 1.51. The number of halogens is 2. The Hall–Kier alpha value is -0.600. The van der Waals surface area contributed by atoms with Crippen LogP contribution in [0.4, 0.5) is 0 Å². The van der Waals surface area contributed by atoms with Gasteiger partial charge in [0.05, 0.1) is 0 Å². The van der Waals surface area contributed by atoms with Gasteiger partial charge in [-0.25, -0.2) is 0 Å². The molecule has 0 N–H and O–H groups in total. The van der Waals surface area contributed by atoms with E-state index in [0.717, 1.165) is 10.0 Å². The molecule has 0 unspecified atom stereocenters. The topological polar surface area (TPSA) is 17.1 Å². The fraction of sp³-hybridized carbons (Fsp3) is 0.100. The van der Waals surface area contributed by atoms with E-state index in [1.165, 1.54) is 13.0 Å². The Balaban J connectivity index is 3.00. The smallest absolute Gasteiger partial charge is 0.152 e. The molecule has 0 fully saturated rings. The first-order valence-corrected chi connectivity index (χ1v) is 4.90. The molecular formula is C10H8BrClO. The number of benzene rings is 1. The number of hydrogen-bond donors (Lipinski definition) is 0. The first kappa shape index (κ1) is 10.5. The predicted molar refractivity (Wildman–Crippen MR) is 58.9 cm³/mol. The van der Waals surface area contributed by atoms with Crippen LogP contribution in [0.1, 0.15) is 12.5 Å². The van der Waals surface area contributed by atoms with Gasteiger partial charge in [-0.1, -0.05) is 33.6 Å². The lowest BCUT2D eigenvalue weighted by Gasteiger charge is -1.97. The van der Waals surface area contributed by atoms with Gasteiger partial charge >= 0.3 is 0 Å². The molecule has 0 atom stereocenters. The number of carbonyl (C=O) groups is 1. The van der Waals surface area contributed by atoms with Gasteiger partial charge < -0.3 is 0 Å². The first-order valence-electron chi connectivity index (χ1n) is 3.73. The maximum absolute atomic E-state index is 10.7. The second-order valence-electron chi connectivity index (χ2n) is 2.61. The summed E-state index contributed by atoms with van der Waals surface area (Å²) in [5.41, 5.74) is 0.905. The minimum Gasteiger partial charge on any atom is -0.295 e. The van der Waals surface area contributed by atoms with Gasteiger partial charge in [-0.3, -0.25) is 4.79 Å². The number of rotatable bonds is 2. The molecule has 0 spiro atoms. The van der Waals surface area contributed by atoms with E-state index in [1.807, 2.05) is 6.07 Å². The highest BCUT2D eigenvalue weighted by molar-refractivity contribution is 9.10. The maximum Gasteiger partial charge on any atom is 0.152 e. The average Bonchev–Trinajstić information content (AvgIpc) is 2.06. The second kappa shape index (κ2) is 4.58. The maximum atomic E-state index is 10.7. The van der Waals surface area contributed by atoms with Crippen LogP contribution in [0.2, 0.25) is 5.02 Å².